The number of aromatic hydroxyl groups is 1. The molecule has 2 aromatic carbocycles. The third-order valence-corrected chi connectivity index (χ3v) is 3.62. The van der Waals surface area contributed by atoms with Crippen LogP contribution >= 0.6 is 0 Å². The van der Waals surface area contributed by atoms with E-state index in [4.69, 9.17) is 0 Å². The quantitative estimate of drug-likeness (QED) is 0.419. The first-order valence-corrected chi connectivity index (χ1v) is 7.59. The summed E-state index contributed by atoms with van der Waals surface area (Å²) in [5, 5.41) is 24.4. The molecule has 1 heterocycles. The van der Waals surface area contributed by atoms with Crippen molar-refractivity contribution in [2.24, 2.45) is 5.10 Å². The first-order chi connectivity index (χ1) is 12.6. The van der Waals surface area contributed by atoms with Gasteiger partial charge in [0.25, 0.3) is 5.91 Å². The van der Waals surface area contributed by atoms with Crippen molar-refractivity contribution in [2.75, 3.05) is 0 Å². The molecule has 1 amide bonds. The van der Waals surface area contributed by atoms with Crippen LogP contribution in [0.3, 0.4) is 0 Å². The lowest BCUT2D eigenvalue weighted by atomic mass is 10.2. The first-order valence-electron chi connectivity index (χ1n) is 7.59. The molecule has 0 unspecified atom stereocenters. The summed E-state index contributed by atoms with van der Waals surface area (Å²) in [6.45, 7) is 0. The molecule has 0 radical (unpaired) electrons. The number of phenolic OH excluding ortho intramolecular Hbond substituents is 1. The molecule has 2 N–H and O–H groups in total. The van der Waals surface area contributed by atoms with Crippen molar-refractivity contribution in [3.63, 3.8) is 0 Å². The van der Waals surface area contributed by atoms with Gasteiger partial charge in [-0.25, -0.2) is 5.43 Å². The van der Waals surface area contributed by atoms with Gasteiger partial charge < -0.3 is 9.67 Å². The van der Waals surface area contributed by atoms with E-state index in [1.807, 2.05) is 35.2 Å². The minimum atomic E-state index is -0.696. The molecule has 0 saturated carbocycles. The molecule has 0 bridgehead atoms. The molecule has 130 valence electrons. The van der Waals surface area contributed by atoms with Crippen molar-refractivity contribution < 1.29 is 14.8 Å². The van der Waals surface area contributed by atoms with Gasteiger partial charge in [0.05, 0.1) is 11.1 Å². The average Bonchev–Trinajstić information content (AvgIpc) is 3.17. The number of benzene rings is 2. The fourth-order valence-corrected chi connectivity index (χ4v) is 2.34. The molecule has 26 heavy (non-hydrogen) atoms. The number of carbonyl (C=O) groups is 1. The highest BCUT2D eigenvalue weighted by molar-refractivity contribution is 5.95. The van der Waals surface area contributed by atoms with Gasteiger partial charge >= 0.3 is 5.69 Å². The van der Waals surface area contributed by atoms with E-state index in [0.29, 0.717) is 5.56 Å². The van der Waals surface area contributed by atoms with Crippen LogP contribution in [0.1, 0.15) is 15.9 Å². The third kappa shape index (κ3) is 3.59. The Morgan fingerprint density at radius 2 is 1.88 bits per heavy atom. The summed E-state index contributed by atoms with van der Waals surface area (Å²) >= 11 is 0. The second-order valence-corrected chi connectivity index (χ2v) is 5.31. The van der Waals surface area contributed by atoms with Crippen LogP contribution in [0.4, 0.5) is 5.69 Å². The zero-order valence-electron chi connectivity index (χ0n) is 13.4. The van der Waals surface area contributed by atoms with Crippen molar-refractivity contribution in [1.29, 1.82) is 0 Å². The van der Waals surface area contributed by atoms with E-state index in [0.717, 1.165) is 11.9 Å². The largest absolute Gasteiger partial charge is 0.502 e. The molecule has 0 aliphatic rings. The van der Waals surface area contributed by atoms with Crippen LogP contribution in [-0.2, 0) is 0 Å². The maximum atomic E-state index is 12.2. The lowest BCUT2D eigenvalue weighted by Crippen LogP contribution is -2.17. The second-order valence-electron chi connectivity index (χ2n) is 5.31. The molecule has 0 saturated heterocycles. The number of phenols is 1. The number of carbonyl (C=O) groups excluding carboxylic acids is 1. The Kier molecular flexibility index (Phi) is 4.75. The van der Waals surface area contributed by atoms with Gasteiger partial charge in [0.2, 0.25) is 5.75 Å². The van der Waals surface area contributed by atoms with Gasteiger partial charge in [-0.05, 0) is 36.4 Å². The SMILES string of the molecule is O=C(N/N=C/c1cccc([N+](=O)[O-])c1O)c1cccc(-n2cccc2)c1. The van der Waals surface area contributed by atoms with E-state index in [9.17, 15) is 20.0 Å². The zero-order chi connectivity index (χ0) is 18.5. The van der Waals surface area contributed by atoms with E-state index in [2.05, 4.69) is 10.5 Å². The third-order valence-electron chi connectivity index (χ3n) is 3.62. The average molecular weight is 350 g/mol. The summed E-state index contributed by atoms with van der Waals surface area (Å²) in [6.07, 6.45) is 4.87. The van der Waals surface area contributed by atoms with Gasteiger partial charge in [0.15, 0.2) is 0 Å². The van der Waals surface area contributed by atoms with Crippen LogP contribution in [0.15, 0.2) is 72.1 Å². The van der Waals surface area contributed by atoms with Crippen LogP contribution in [0.5, 0.6) is 5.75 Å². The van der Waals surface area contributed by atoms with Crippen molar-refractivity contribution in [2.45, 2.75) is 0 Å². The number of hydrogen-bond donors (Lipinski definition) is 2. The lowest BCUT2D eigenvalue weighted by molar-refractivity contribution is -0.385. The normalized spacial score (nSPS) is 10.8. The number of rotatable bonds is 5. The maximum absolute atomic E-state index is 12.2. The summed E-state index contributed by atoms with van der Waals surface area (Å²) in [4.78, 5) is 22.3. The van der Waals surface area contributed by atoms with E-state index < -0.39 is 22.3 Å². The van der Waals surface area contributed by atoms with Crippen molar-refractivity contribution in [1.82, 2.24) is 9.99 Å². The molecule has 0 fully saturated rings. The molecule has 8 nitrogen and oxygen atoms in total. The van der Waals surface area contributed by atoms with Crippen molar-refractivity contribution in [3.8, 4) is 11.4 Å². The molecule has 0 atom stereocenters. The number of amides is 1. The van der Waals surface area contributed by atoms with Crippen molar-refractivity contribution >= 4 is 17.8 Å². The number of nitro groups is 1. The number of nitro benzene ring substituents is 1. The molecule has 8 heteroatoms. The van der Waals surface area contributed by atoms with E-state index in [-0.39, 0.29) is 5.56 Å². The molecule has 1 aromatic heterocycles. The van der Waals surface area contributed by atoms with Crippen LogP contribution in [0.2, 0.25) is 0 Å². The van der Waals surface area contributed by atoms with Gasteiger partial charge in [-0.2, -0.15) is 5.10 Å². The van der Waals surface area contributed by atoms with Crippen LogP contribution in [-0.4, -0.2) is 26.7 Å². The van der Waals surface area contributed by atoms with Gasteiger partial charge in [-0.3, -0.25) is 14.9 Å². The number of aromatic nitrogens is 1. The Hall–Kier alpha value is -3.94. The standard InChI is InChI=1S/C18H14N4O4/c23-17-14(6-4-8-16(17)22(25)26)12-19-20-18(24)13-5-3-7-15(11-13)21-9-1-2-10-21/h1-12,23H,(H,20,24)/b19-12+. The predicted molar refractivity (Wildman–Crippen MR) is 95.6 cm³/mol. The Bertz CT molecular complexity index is 981. The van der Waals surface area contributed by atoms with Crippen LogP contribution in [0, 0.1) is 10.1 Å². The Morgan fingerprint density at radius 1 is 1.15 bits per heavy atom. The van der Waals surface area contributed by atoms with Gasteiger partial charge in [-0.15, -0.1) is 0 Å². The minimum Gasteiger partial charge on any atom is -0.502 e. The first kappa shape index (κ1) is 16.9. The Balaban J connectivity index is 1.74. The summed E-state index contributed by atoms with van der Waals surface area (Å²) in [5.74, 6) is -0.953. The van der Waals surface area contributed by atoms with Crippen LogP contribution in [0.25, 0.3) is 5.69 Å². The number of para-hydroxylation sites is 1. The molecule has 3 rings (SSSR count). The molecular weight excluding hydrogens is 336 g/mol. The minimum absolute atomic E-state index is 0.126. The highest BCUT2D eigenvalue weighted by Gasteiger charge is 2.15. The number of nitrogens with zero attached hydrogens (tertiary/aromatic N) is 3. The van der Waals surface area contributed by atoms with Gasteiger partial charge in [-0.1, -0.05) is 12.1 Å². The second kappa shape index (κ2) is 7.31. The summed E-state index contributed by atoms with van der Waals surface area (Å²) in [6, 6.07) is 14.8. The van der Waals surface area contributed by atoms with Crippen molar-refractivity contribution in [3.05, 3.63) is 88.2 Å². The number of hydrazone groups is 1. The zero-order valence-corrected chi connectivity index (χ0v) is 13.4. The molecule has 3 aromatic rings. The summed E-state index contributed by atoms with van der Waals surface area (Å²) in [7, 11) is 0. The van der Waals surface area contributed by atoms with E-state index in [1.165, 1.54) is 18.2 Å². The highest BCUT2D eigenvalue weighted by Crippen LogP contribution is 2.27. The topological polar surface area (TPSA) is 110 Å². The van der Waals surface area contributed by atoms with E-state index >= 15 is 0 Å². The Morgan fingerprint density at radius 3 is 2.62 bits per heavy atom. The molecule has 0 aliphatic carbocycles. The lowest BCUT2D eigenvalue weighted by Gasteiger charge is -2.05. The van der Waals surface area contributed by atoms with Crippen LogP contribution < -0.4 is 5.43 Å². The Labute approximate surface area is 148 Å². The number of hydrogen-bond acceptors (Lipinski definition) is 5. The molecule has 0 aliphatic heterocycles. The number of nitrogens with one attached hydrogen (secondary N) is 1. The van der Waals surface area contributed by atoms with E-state index in [1.54, 1.807) is 18.2 Å². The van der Waals surface area contributed by atoms with Gasteiger partial charge in [0.1, 0.15) is 0 Å². The fraction of sp³-hybridized carbons (Fsp3) is 0. The highest BCUT2D eigenvalue weighted by atomic mass is 16.6. The fourth-order valence-electron chi connectivity index (χ4n) is 2.34. The summed E-state index contributed by atoms with van der Waals surface area (Å²) < 4.78 is 1.86. The van der Waals surface area contributed by atoms with Gasteiger partial charge in [0, 0.05) is 35.3 Å². The molecule has 0 spiro atoms. The maximum Gasteiger partial charge on any atom is 0.311 e. The summed E-state index contributed by atoms with van der Waals surface area (Å²) in [5.41, 5.74) is 3.25. The predicted octanol–water partition coefficient (Wildman–Crippen LogP) is 2.86. The molecular formula is C18H14N4O4. The smallest absolute Gasteiger partial charge is 0.311 e. The monoisotopic (exact) mass is 350 g/mol.